The van der Waals surface area contributed by atoms with Gasteiger partial charge in [-0.05, 0) is 42.4 Å². The molecule has 1 N–H and O–H groups in total. The van der Waals surface area contributed by atoms with E-state index in [1.165, 1.54) is 4.80 Å². The molecule has 3 rings (SSSR count). The van der Waals surface area contributed by atoms with E-state index in [0.29, 0.717) is 49.9 Å². The van der Waals surface area contributed by atoms with Gasteiger partial charge in [-0.3, -0.25) is 4.79 Å². The Balaban J connectivity index is 1.40. The minimum Gasteiger partial charge on any atom is -0.493 e. The van der Waals surface area contributed by atoms with Crippen molar-refractivity contribution < 1.29 is 14.3 Å². The highest BCUT2D eigenvalue weighted by molar-refractivity contribution is 5.75. The van der Waals surface area contributed by atoms with Crippen LogP contribution in [0.1, 0.15) is 32.3 Å². The minimum absolute atomic E-state index is 0.0260. The number of aromatic nitrogens is 4. The molecular weight excluding hydrogens is 432 g/mol. The average Bonchev–Trinajstić information content (AvgIpc) is 3.35. The lowest BCUT2D eigenvalue weighted by molar-refractivity contribution is -0.121. The van der Waals surface area contributed by atoms with Crippen LogP contribution in [0.2, 0.25) is 0 Å². The summed E-state index contributed by atoms with van der Waals surface area (Å²) in [5, 5.41) is 15.5. The fourth-order valence-electron chi connectivity index (χ4n) is 3.48. The lowest BCUT2D eigenvalue weighted by atomic mass is 10.2. The van der Waals surface area contributed by atoms with Crippen molar-refractivity contribution in [3.8, 4) is 22.9 Å². The highest BCUT2D eigenvalue weighted by Gasteiger charge is 2.09. The Labute approximate surface area is 201 Å². The van der Waals surface area contributed by atoms with Crippen molar-refractivity contribution in [3.63, 3.8) is 0 Å². The molecule has 1 aromatic heterocycles. The van der Waals surface area contributed by atoms with Gasteiger partial charge in [0, 0.05) is 25.1 Å². The van der Waals surface area contributed by atoms with E-state index in [1.807, 2.05) is 48.5 Å². The number of ether oxygens (including phenoxy) is 2. The predicted octanol–water partition coefficient (Wildman–Crippen LogP) is 3.17. The number of hydrogen-bond acceptors (Lipinski definition) is 7. The molecule has 0 aliphatic carbocycles. The molecule has 0 unspecified atom stereocenters. The number of nitrogens with zero attached hydrogens (tertiary/aromatic N) is 5. The molecular formula is C25H34N6O3. The molecule has 9 nitrogen and oxygen atoms in total. The third-order valence-electron chi connectivity index (χ3n) is 5.52. The summed E-state index contributed by atoms with van der Waals surface area (Å²) in [6.07, 6.45) is 1.00. The van der Waals surface area contributed by atoms with Crippen LogP contribution in [0.5, 0.6) is 11.5 Å². The van der Waals surface area contributed by atoms with Crippen molar-refractivity contribution in [1.82, 2.24) is 30.4 Å². The summed E-state index contributed by atoms with van der Waals surface area (Å²) in [6, 6.07) is 15.4. The van der Waals surface area contributed by atoms with Crippen LogP contribution in [0.15, 0.2) is 48.5 Å². The smallest absolute Gasteiger partial charge is 0.220 e. The van der Waals surface area contributed by atoms with Crippen LogP contribution in [-0.4, -0.2) is 64.4 Å². The number of carbonyl (C=O) groups is 1. The first-order valence-corrected chi connectivity index (χ1v) is 11.7. The van der Waals surface area contributed by atoms with Gasteiger partial charge in [-0.2, -0.15) is 4.80 Å². The first kappa shape index (κ1) is 25.2. The number of carbonyl (C=O) groups excluding carboxylic acids is 1. The molecule has 0 saturated carbocycles. The van der Waals surface area contributed by atoms with Crippen LogP contribution in [0.4, 0.5) is 0 Å². The lowest BCUT2D eigenvalue weighted by Crippen LogP contribution is -2.28. The SMILES string of the molecule is CCN(CC)CCOc1ccc(CNC(=O)CCCn2nnc(-c3ccccc3)n2)cc1OC. The van der Waals surface area contributed by atoms with Gasteiger partial charge >= 0.3 is 0 Å². The van der Waals surface area contributed by atoms with Gasteiger partial charge in [0.2, 0.25) is 11.7 Å². The van der Waals surface area contributed by atoms with Crippen LogP contribution >= 0.6 is 0 Å². The molecule has 0 radical (unpaired) electrons. The number of hydrogen-bond donors (Lipinski definition) is 1. The Morgan fingerprint density at radius 2 is 1.88 bits per heavy atom. The van der Waals surface area contributed by atoms with Crippen LogP contribution in [0.25, 0.3) is 11.4 Å². The van der Waals surface area contributed by atoms with Crippen molar-refractivity contribution in [2.45, 2.75) is 39.8 Å². The van der Waals surface area contributed by atoms with Crippen LogP contribution < -0.4 is 14.8 Å². The molecule has 3 aromatic rings. The molecule has 0 bridgehead atoms. The van der Waals surface area contributed by atoms with Gasteiger partial charge in [-0.25, -0.2) is 0 Å². The molecule has 2 aromatic carbocycles. The van der Waals surface area contributed by atoms with Crippen molar-refractivity contribution in [2.24, 2.45) is 0 Å². The Morgan fingerprint density at radius 1 is 1.09 bits per heavy atom. The van der Waals surface area contributed by atoms with Gasteiger partial charge in [0.25, 0.3) is 0 Å². The zero-order valence-electron chi connectivity index (χ0n) is 20.2. The van der Waals surface area contributed by atoms with Gasteiger partial charge in [-0.1, -0.05) is 50.2 Å². The predicted molar refractivity (Wildman–Crippen MR) is 131 cm³/mol. The van der Waals surface area contributed by atoms with Crippen molar-refractivity contribution in [2.75, 3.05) is 33.4 Å². The maximum Gasteiger partial charge on any atom is 0.220 e. The number of nitrogens with one attached hydrogen (secondary N) is 1. The molecule has 0 aliphatic heterocycles. The van der Waals surface area contributed by atoms with E-state index in [0.717, 1.165) is 30.8 Å². The van der Waals surface area contributed by atoms with Gasteiger partial charge < -0.3 is 19.7 Å². The number of benzene rings is 2. The Morgan fingerprint density at radius 3 is 2.62 bits per heavy atom. The van der Waals surface area contributed by atoms with E-state index < -0.39 is 0 Å². The number of likely N-dealkylation sites (N-methyl/N-ethyl adjacent to an activating group) is 1. The van der Waals surface area contributed by atoms with E-state index in [-0.39, 0.29) is 5.91 Å². The summed E-state index contributed by atoms with van der Waals surface area (Å²) in [4.78, 5) is 16.1. The fraction of sp³-hybridized carbons (Fsp3) is 0.440. The first-order chi connectivity index (χ1) is 16.6. The molecule has 0 atom stereocenters. The Hall–Kier alpha value is -3.46. The van der Waals surface area contributed by atoms with E-state index >= 15 is 0 Å². The summed E-state index contributed by atoms with van der Waals surface area (Å²) in [6.45, 7) is 8.70. The molecule has 1 amide bonds. The largest absolute Gasteiger partial charge is 0.493 e. The maximum atomic E-state index is 12.3. The Kier molecular flexibility index (Phi) is 9.84. The van der Waals surface area contributed by atoms with Gasteiger partial charge in [0.05, 0.1) is 13.7 Å². The van der Waals surface area contributed by atoms with Crippen LogP contribution in [0, 0.1) is 0 Å². The third-order valence-corrected chi connectivity index (χ3v) is 5.52. The average molecular weight is 467 g/mol. The van der Waals surface area contributed by atoms with Gasteiger partial charge in [0.1, 0.15) is 6.61 Å². The monoisotopic (exact) mass is 466 g/mol. The highest BCUT2D eigenvalue weighted by Crippen LogP contribution is 2.28. The van der Waals surface area contributed by atoms with E-state index in [2.05, 4.69) is 39.5 Å². The number of tetrazole rings is 1. The molecule has 182 valence electrons. The number of methoxy groups -OCH3 is 1. The Bertz CT molecular complexity index is 1020. The van der Waals surface area contributed by atoms with Crippen LogP contribution in [0.3, 0.4) is 0 Å². The topological polar surface area (TPSA) is 94.4 Å². The highest BCUT2D eigenvalue weighted by atomic mass is 16.5. The molecule has 0 aliphatic rings. The second kappa shape index (κ2) is 13.3. The van der Waals surface area contributed by atoms with Gasteiger partial charge in [-0.15, -0.1) is 10.2 Å². The van der Waals surface area contributed by atoms with Gasteiger partial charge in [0.15, 0.2) is 11.5 Å². The quantitative estimate of drug-likeness (QED) is 0.390. The second-order valence-electron chi connectivity index (χ2n) is 7.82. The van der Waals surface area contributed by atoms with Crippen molar-refractivity contribution in [1.29, 1.82) is 0 Å². The van der Waals surface area contributed by atoms with E-state index in [9.17, 15) is 4.79 Å². The van der Waals surface area contributed by atoms with Crippen molar-refractivity contribution >= 4 is 5.91 Å². The summed E-state index contributed by atoms with van der Waals surface area (Å²) in [5.74, 6) is 1.93. The first-order valence-electron chi connectivity index (χ1n) is 11.7. The molecule has 34 heavy (non-hydrogen) atoms. The minimum atomic E-state index is -0.0260. The standard InChI is InChI=1S/C25H34N6O3/c1-4-30(5-2)16-17-34-22-14-13-20(18-23(22)33-3)19-26-24(32)12-9-15-31-28-25(27-29-31)21-10-7-6-8-11-21/h6-8,10-11,13-14,18H,4-5,9,12,15-17,19H2,1-3H3,(H,26,32). The number of amides is 1. The number of rotatable bonds is 14. The molecule has 0 fully saturated rings. The number of aryl methyl sites for hydroxylation is 1. The fourth-order valence-corrected chi connectivity index (χ4v) is 3.48. The van der Waals surface area contributed by atoms with Crippen molar-refractivity contribution in [3.05, 3.63) is 54.1 Å². The molecule has 9 heteroatoms. The second-order valence-corrected chi connectivity index (χ2v) is 7.82. The summed E-state index contributed by atoms with van der Waals surface area (Å²) in [5.41, 5.74) is 1.87. The van der Waals surface area contributed by atoms with E-state index in [4.69, 9.17) is 9.47 Å². The maximum absolute atomic E-state index is 12.3. The third kappa shape index (κ3) is 7.55. The van der Waals surface area contributed by atoms with E-state index in [1.54, 1.807) is 7.11 Å². The zero-order valence-corrected chi connectivity index (χ0v) is 20.2. The molecule has 0 saturated heterocycles. The molecule has 1 heterocycles. The summed E-state index contributed by atoms with van der Waals surface area (Å²) in [7, 11) is 1.62. The van der Waals surface area contributed by atoms with Crippen LogP contribution in [-0.2, 0) is 17.9 Å². The molecule has 0 spiro atoms. The summed E-state index contributed by atoms with van der Waals surface area (Å²) >= 11 is 0. The normalized spacial score (nSPS) is 10.9. The zero-order chi connectivity index (χ0) is 24.2. The summed E-state index contributed by atoms with van der Waals surface area (Å²) < 4.78 is 11.4. The lowest BCUT2D eigenvalue weighted by Gasteiger charge is -2.19.